The van der Waals surface area contributed by atoms with Gasteiger partial charge in [-0.05, 0) is 37.6 Å². The maximum atomic E-state index is 12.5. The zero-order valence-electron chi connectivity index (χ0n) is 13.7. The lowest BCUT2D eigenvalue weighted by Gasteiger charge is -2.24. The van der Waals surface area contributed by atoms with Crippen LogP contribution in [0.25, 0.3) is 11.4 Å². The van der Waals surface area contributed by atoms with Crippen LogP contribution in [0.2, 0.25) is 5.02 Å². The number of anilines is 1. The van der Waals surface area contributed by atoms with E-state index in [1.807, 2.05) is 18.2 Å². The van der Waals surface area contributed by atoms with Crippen molar-refractivity contribution in [3.8, 4) is 11.4 Å². The summed E-state index contributed by atoms with van der Waals surface area (Å²) >= 11 is 6.19. The summed E-state index contributed by atoms with van der Waals surface area (Å²) in [6.45, 7) is 3.56. The number of hydrazine groups is 1. The Morgan fingerprint density at radius 3 is 2.60 bits per heavy atom. The van der Waals surface area contributed by atoms with E-state index >= 15 is 0 Å². The summed E-state index contributed by atoms with van der Waals surface area (Å²) in [7, 11) is 0. The molecule has 0 fully saturated rings. The lowest BCUT2D eigenvalue weighted by molar-refractivity contribution is -0.125. The second-order valence-electron chi connectivity index (χ2n) is 5.84. The molecular formula is C17H16ClN5O2. The van der Waals surface area contributed by atoms with E-state index in [1.54, 1.807) is 44.4 Å². The number of halogens is 1. The average molecular weight is 358 g/mol. The zero-order valence-corrected chi connectivity index (χ0v) is 14.4. The summed E-state index contributed by atoms with van der Waals surface area (Å²) in [5.74, 6) is 0.105. The molecule has 0 unspecified atom stereocenters. The fraction of sp³-hybridized carbons (Fsp3) is 0.176. The fourth-order valence-corrected chi connectivity index (χ4v) is 2.62. The van der Waals surface area contributed by atoms with Gasteiger partial charge in [0.15, 0.2) is 0 Å². The van der Waals surface area contributed by atoms with Crippen LogP contribution in [0.5, 0.6) is 0 Å². The quantitative estimate of drug-likeness (QED) is 0.681. The molecule has 0 bridgehead atoms. The van der Waals surface area contributed by atoms with Gasteiger partial charge in [0.1, 0.15) is 0 Å². The number of aromatic nitrogens is 3. The second-order valence-corrected chi connectivity index (χ2v) is 6.25. The number of rotatable bonds is 5. The summed E-state index contributed by atoms with van der Waals surface area (Å²) in [4.78, 5) is 20.6. The highest BCUT2D eigenvalue weighted by atomic mass is 35.5. The molecule has 25 heavy (non-hydrogen) atoms. The number of carbonyl (C=O) groups is 1. The van der Waals surface area contributed by atoms with Crippen molar-refractivity contribution >= 4 is 23.5 Å². The Morgan fingerprint density at radius 2 is 1.88 bits per heavy atom. The molecule has 2 aromatic heterocycles. The molecule has 8 heteroatoms. The maximum absolute atomic E-state index is 12.5. The Balaban J connectivity index is 1.68. The van der Waals surface area contributed by atoms with Crippen LogP contribution in [0.15, 0.2) is 53.3 Å². The molecule has 0 atom stereocenters. The number of nitrogens with one attached hydrogen (secondary N) is 2. The van der Waals surface area contributed by atoms with E-state index in [0.717, 1.165) is 11.1 Å². The van der Waals surface area contributed by atoms with Gasteiger partial charge in [0.2, 0.25) is 11.7 Å². The molecule has 0 saturated heterocycles. The molecule has 7 nitrogen and oxygen atoms in total. The van der Waals surface area contributed by atoms with Crippen molar-refractivity contribution < 1.29 is 9.32 Å². The van der Waals surface area contributed by atoms with Gasteiger partial charge >= 0.3 is 6.01 Å². The first-order chi connectivity index (χ1) is 12.0. The first kappa shape index (κ1) is 16.9. The largest absolute Gasteiger partial charge is 0.340 e. The minimum atomic E-state index is -0.848. The zero-order chi connectivity index (χ0) is 17.9. The molecule has 0 aliphatic carbocycles. The maximum Gasteiger partial charge on any atom is 0.340 e. The molecule has 128 valence electrons. The second kappa shape index (κ2) is 6.90. The number of carbonyl (C=O) groups excluding carboxylic acids is 1. The first-order valence-corrected chi connectivity index (χ1v) is 7.92. The van der Waals surface area contributed by atoms with Crippen molar-refractivity contribution in [2.24, 2.45) is 0 Å². The molecule has 2 heterocycles. The smallest absolute Gasteiger partial charge is 0.313 e. The van der Waals surface area contributed by atoms with E-state index in [4.69, 9.17) is 16.1 Å². The van der Waals surface area contributed by atoms with E-state index in [1.165, 1.54) is 0 Å². The molecule has 3 aromatic rings. The van der Waals surface area contributed by atoms with Gasteiger partial charge in [-0.2, -0.15) is 4.98 Å². The van der Waals surface area contributed by atoms with Crippen LogP contribution in [0.3, 0.4) is 0 Å². The van der Waals surface area contributed by atoms with E-state index in [0.29, 0.717) is 10.8 Å². The Kier molecular flexibility index (Phi) is 4.67. The highest BCUT2D eigenvalue weighted by molar-refractivity contribution is 6.31. The molecule has 0 radical (unpaired) electrons. The molecule has 0 aliphatic heterocycles. The summed E-state index contributed by atoms with van der Waals surface area (Å²) in [5.41, 5.74) is 5.84. The average Bonchev–Trinajstić information content (AvgIpc) is 3.09. The molecule has 0 saturated carbocycles. The lowest BCUT2D eigenvalue weighted by Crippen LogP contribution is -2.43. The summed E-state index contributed by atoms with van der Waals surface area (Å²) < 4.78 is 5.08. The van der Waals surface area contributed by atoms with E-state index in [2.05, 4.69) is 26.0 Å². The minimum Gasteiger partial charge on any atom is -0.313 e. The van der Waals surface area contributed by atoms with Gasteiger partial charge in [-0.1, -0.05) is 35.0 Å². The Bertz CT molecular complexity index is 880. The number of benzene rings is 1. The van der Waals surface area contributed by atoms with Crippen molar-refractivity contribution in [1.82, 2.24) is 20.6 Å². The summed E-state index contributed by atoms with van der Waals surface area (Å²) in [6, 6.07) is 10.8. The SMILES string of the molecule is CC(C)(C(=O)NNc1nc(-c2ccncc2)no1)c1ccccc1Cl. The van der Waals surface area contributed by atoms with Crippen molar-refractivity contribution in [2.45, 2.75) is 19.3 Å². The Labute approximate surface area is 149 Å². The van der Waals surface area contributed by atoms with Crippen LogP contribution in [0.1, 0.15) is 19.4 Å². The Hall–Kier alpha value is -2.93. The van der Waals surface area contributed by atoms with E-state index < -0.39 is 5.41 Å². The Morgan fingerprint density at radius 1 is 1.16 bits per heavy atom. The van der Waals surface area contributed by atoms with Gasteiger partial charge in [-0.25, -0.2) is 5.43 Å². The van der Waals surface area contributed by atoms with Crippen LogP contribution in [-0.4, -0.2) is 21.0 Å². The highest BCUT2D eigenvalue weighted by Crippen LogP contribution is 2.29. The normalized spacial score (nSPS) is 11.2. The number of nitrogens with zero attached hydrogens (tertiary/aromatic N) is 3. The number of amides is 1. The van der Waals surface area contributed by atoms with Crippen LogP contribution in [-0.2, 0) is 10.2 Å². The summed E-state index contributed by atoms with van der Waals surface area (Å²) in [6.07, 6.45) is 3.26. The van der Waals surface area contributed by atoms with Crippen LogP contribution < -0.4 is 10.9 Å². The van der Waals surface area contributed by atoms with Gasteiger partial charge in [0, 0.05) is 23.0 Å². The molecular weight excluding hydrogens is 342 g/mol. The summed E-state index contributed by atoms with van der Waals surface area (Å²) in [5, 5.41) is 4.38. The fourth-order valence-electron chi connectivity index (χ4n) is 2.25. The molecule has 1 aromatic carbocycles. The third-order valence-corrected chi connectivity index (χ3v) is 4.09. The predicted octanol–water partition coefficient (Wildman–Crippen LogP) is 3.21. The van der Waals surface area contributed by atoms with Crippen LogP contribution in [0.4, 0.5) is 6.01 Å². The standard InChI is InChI=1S/C17H16ClN5O2/c1-17(2,12-5-3-4-6-13(12)18)15(24)21-22-16-20-14(23-25-16)11-7-9-19-10-8-11/h3-10H,1-2H3,(H,21,24)(H,20,22,23). The van der Waals surface area contributed by atoms with Gasteiger partial charge < -0.3 is 4.52 Å². The van der Waals surface area contributed by atoms with Crippen molar-refractivity contribution in [3.05, 3.63) is 59.4 Å². The third-order valence-electron chi connectivity index (χ3n) is 3.76. The van der Waals surface area contributed by atoms with Crippen molar-refractivity contribution in [2.75, 3.05) is 5.43 Å². The molecule has 0 aliphatic rings. The molecule has 2 N–H and O–H groups in total. The molecule has 1 amide bonds. The van der Waals surface area contributed by atoms with Crippen LogP contribution >= 0.6 is 11.6 Å². The van der Waals surface area contributed by atoms with Crippen LogP contribution in [0, 0.1) is 0 Å². The number of hydrogen-bond donors (Lipinski definition) is 2. The van der Waals surface area contributed by atoms with Crippen molar-refractivity contribution in [1.29, 1.82) is 0 Å². The van der Waals surface area contributed by atoms with E-state index in [9.17, 15) is 4.79 Å². The van der Waals surface area contributed by atoms with Gasteiger partial charge in [0.25, 0.3) is 0 Å². The number of pyridine rings is 1. The van der Waals surface area contributed by atoms with Crippen molar-refractivity contribution in [3.63, 3.8) is 0 Å². The predicted molar refractivity (Wildman–Crippen MR) is 93.8 cm³/mol. The topological polar surface area (TPSA) is 92.9 Å². The molecule has 0 spiro atoms. The monoisotopic (exact) mass is 357 g/mol. The lowest BCUT2D eigenvalue weighted by atomic mass is 9.84. The highest BCUT2D eigenvalue weighted by Gasteiger charge is 2.31. The number of hydrogen-bond acceptors (Lipinski definition) is 6. The molecule has 3 rings (SSSR count). The minimum absolute atomic E-state index is 0.0788. The van der Waals surface area contributed by atoms with E-state index in [-0.39, 0.29) is 11.9 Å². The van der Waals surface area contributed by atoms with Gasteiger partial charge in [0.05, 0.1) is 5.41 Å². The van der Waals surface area contributed by atoms with Gasteiger partial charge in [-0.15, -0.1) is 0 Å². The third kappa shape index (κ3) is 3.61. The van der Waals surface area contributed by atoms with Gasteiger partial charge in [-0.3, -0.25) is 15.2 Å². The first-order valence-electron chi connectivity index (χ1n) is 7.54.